The minimum Gasteiger partial charge on any atom is -0.374 e. The molecule has 5 heteroatoms. The summed E-state index contributed by atoms with van der Waals surface area (Å²) in [5.41, 5.74) is 1.36. The minimum atomic E-state index is -0.114. The first-order valence-electron chi connectivity index (χ1n) is 3.70. The quantitative estimate of drug-likeness (QED) is 0.700. The molecule has 1 aliphatic heterocycles. The molecule has 0 atom stereocenters. The van der Waals surface area contributed by atoms with Crippen molar-refractivity contribution in [3.63, 3.8) is 0 Å². The van der Waals surface area contributed by atoms with Gasteiger partial charge in [-0.25, -0.2) is 0 Å². The van der Waals surface area contributed by atoms with Gasteiger partial charge in [-0.1, -0.05) is 23.2 Å². The average Bonchev–Trinajstić information content (AvgIpc) is 2.12. The molecule has 0 saturated heterocycles. The molecular weight excluding hydrogens is 211 g/mol. The number of anilines is 2. The second-order valence-electron chi connectivity index (χ2n) is 2.69. The van der Waals surface area contributed by atoms with E-state index < -0.39 is 0 Å². The van der Waals surface area contributed by atoms with Crippen LogP contribution < -0.4 is 10.6 Å². The van der Waals surface area contributed by atoms with E-state index >= 15 is 0 Å². The lowest BCUT2D eigenvalue weighted by molar-refractivity contribution is -0.114. The van der Waals surface area contributed by atoms with Crippen LogP contribution in [-0.2, 0) is 4.79 Å². The molecule has 0 radical (unpaired) electrons. The van der Waals surface area contributed by atoms with E-state index in [-0.39, 0.29) is 12.5 Å². The third-order valence-electron chi connectivity index (χ3n) is 1.80. The fraction of sp³-hybridized carbons (Fsp3) is 0.125. The number of amides is 1. The van der Waals surface area contributed by atoms with Crippen molar-refractivity contribution in [1.29, 1.82) is 0 Å². The summed E-state index contributed by atoms with van der Waals surface area (Å²) in [6.07, 6.45) is 0. The van der Waals surface area contributed by atoms with Crippen molar-refractivity contribution in [2.24, 2.45) is 0 Å². The van der Waals surface area contributed by atoms with Crippen LogP contribution in [0.2, 0.25) is 10.0 Å². The van der Waals surface area contributed by atoms with E-state index in [1.54, 1.807) is 12.1 Å². The maximum absolute atomic E-state index is 11.0. The van der Waals surface area contributed by atoms with Crippen molar-refractivity contribution in [3.8, 4) is 0 Å². The Kier molecular flexibility index (Phi) is 2.06. The normalized spacial score (nSPS) is 14.5. The van der Waals surface area contributed by atoms with Crippen LogP contribution in [0.5, 0.6) is 0 Å². The Morgan fingerprint density at radius 1 is 1.31 bits per heavy atom. The molecule has 0 aromatic heterocycles. The van der Waals surface area contributed by atoms with Crippen molar-refractivity contribution >= 4 is 40.5 Å². The van der Waals surface area contributed by atoms with E-state index in [1.165, 1.54) is 0 Å². The van der Waals surface area contributed by atoms with E-state index in [4.69, 9.17) is 23.2 Å². The lowest BCUT2D eigenvalue weighted by Gasteiger charge is -2.19. The first-order valence-corrected chi connectivity index (χ1v) is 4.46. The van der Waals surface area contributed by atoms with Gasteiger partial charge < -0.3 is 10.6 Å². The van der Waals surface area contributed by atoms with Crippen molar-refractivity contribution in [2.75, 3.05) is 17.2 Å². The van der Waals surface area contributed by atoms with Gasteiger partial charge >= 0.3 is 0 Å². The van der Waals surface area contributed by atoms with Crippen LogP contribution in [0.3, 0.4) is 0 Å². The van der Waals surface area contributed by atoms with Gasteiger partial charge in [-0.3, -0.25) is 4.79 Å². The number of hydrogen-bond acceptors (Lipinski definition) is 2. The summed E-state index contributed by atoms with van der Waals surface area (Å²) in [7, 11) is 0. The van der Waals surface area contributed by atoms with Crippen LogP contribution in [0.1, 0.15) is 0 Å². The predicted octanol–water partition coefficient (Wildman–Crippen LogP) is 2.36. The molecule has 0 aliphatic carbocycles. The van der Waals surface area contributed by atoms with Crippen LogP contribution in [0.15, 0.2) is 12.1 Å². The van der Waals surface area contributed by atoms with Crippen molar-refractivity contribution in [1.82, 2.24) is 0 Å². The average molecular weight is 217 g/mol. The van der Waals surface area contributed by atoms with E-state index in [0.29, 0.717) is 15.7 Å². The van der Waals surface area contributed by atoms with Gasteiger partial charge in [0.05, 0.1) is 28.0 Å². The summed E-state index contributed by atoms with van der Waals surface area (Å²) in [5.74, 6) is -0.114. The lowest BCUT2D eigenvalue weighted by Crippen LogP contribution is -2.27. The van der Waals surface area contributed by atoms with Crippen LogP contribution in [0.4, 0.5) is 11.4 Å². The first-order chi connectivity index (χ1) is 6.18. The Balaban J connectivity index is 2.54. The van der Waals surface area contributed by atoms with Gasteiger partial charge in [0.15, 0.2) is 0 Å². The lowest BCUT2D eigenvalue weighted by atomic mass is 10.2. The molecule has 0 saturated carbocycles. The van der Waals surface area contributed by atoms with Crippen LogP contribution >= 0.6 is 23.2 Å². The zero-order valence-corrected chi connectivity index (χ0v) is 8.04. The number of carbonyl (C=O) groups excluding carboxylic acids is 1. The van der Waals surface area contributed by atoms with Gasteiger partial charge in [0, 0.05) is 0 Å². The highest BCUT2D eigenvalue weighted by Crippen LogP contribution is 2.37. The fourth-order valence-corrected chi connectivity index (χ4v) is 1.55. The van der Waals surface area contributed by atoms with Crippen molar-refractivity contribution in [2.45, 2.75) is 0 Å². The van der Waals surface area contributed by atoms with Gasteiger partial charge in [0.2, 0.25) is 5.91 Å². The minimum absolute atomic E-state index is 0.114. The summed E-state index contributed by atoms with van der Waals surface area (Å²) in [6.45, 7) is 0.269. The van der Waals surface area contributed by atoms with E-state index in [0.717, 1.165) is 5.69 Å². The molecule has 0 fully saturated rings. The summed E-state index contributed by atoms with van der Waals surface area (Å²) < 4.78 is 0. The topological polar surface area (TPSA) is 41.1 Å². The Morgan fingerprint density at radius 3 is 2.85 bits per heavy atom. The Hall–Kier alpha value is -0.930. The van der Waals surface area contributed by atoms with Crippen molar-refractivity contribution in [3.05, 3.63) is 22.2 Å². The van der Waals surface area contributed by atoms with Crippen molar-refractivity contribution < 1.29 is 4.79 Å². The number of benzene rings is 1. The molecule has 68 valence electrons. The summed E-state index contributed by atoms with van der Waals surface area (Å²) in [6, 6.07) is 3.47. The molecule has 0 bridgehead atoms. The third-order valence-corrected chi connectivity index (χ3v) is 2.60. The summed E-state index contributed by atoms with van der Waals surface area (Å²) in [5, 5.41) is 6.39. The maximum Gasteiger partial charge on any atom is 0.243 e. The number of nitrogens with one attached hydrogen (secondary N) is 2. The van der Waals surface area contributed by atoms with Gasteiger partial charge in [0.1, 0.15) is 0 Å². The fourth-order valence-electron chi connectivity index (χ4n) is 1.18. The standard InChI is InChI=1S/C8H6Cl2N2O/c9-4-1-2-5-8(7(4)10)12-6(13)3-11-5/h1-2,11H,3H2,(H,12,13). The number of halogens is 2. The SMILES string of the molecule is O=C1CNc2ccc(Cl)c(Cl)c2N1. The number of carbonyl (C=O) groups is 1. The van der Waals surface area contributed by atoms with E-state index in [2.05, 4.69) is 10.6 Å². The van der Waals surface area contributed by atoms with E-state index in [1.807, 2.05) is 0 Å². The molecule has 1 aromatic rings. The zero-order chi connectivity index (χ0) is 9.42. The van der Waals surface area contributed by atoms with Gasteiger partial charge in [0.25, 0.3) is 0 Å². The molecule has 13 heavy (non-hydrogen) atoms. The molecule has 2 N–H and O–H groups in total. The zero-order valence-electron chi connectivity index (χ0n) is 6.53. The molecule has 0 spiro atoms. The number of fused-ring (bicyclic) bond motifs is 1. The Bertz CT molecular complexity index is 379. The third kappa shape index (κ3) is 1.45. The van der Waals surface area contributed by atoms with E-state index in [9.17, 15) is 4.79 Å². The first kappa shape index (κ1) is 8.66. The summed E-state index contributed by atoms with van der Waals surface area (Å²) in [4.78, 5) is 11.0. The largest absolute Gasteiger partial charge is 0.374 e. The molecular formula is C8H6Cl2N2O. The summed E-state index contributed by atoms with van der Waals surface area (Å²) >= 11 is 11.7. The molecule has 2 rings (SSSR count). The van der Waals surface area contributed by atoms with Gasteiger partial charge in [-0.05, 0) is 12.1 Å². The highest BCUT2D eigenvalue weighted by atomic mass is 35.5. The molecule has 3 nitrogen and oxygen atoms in total. The molecule has 1 heterocycles. The Morgan fingerprint density at radius 2 is 2.08 bits per heavy atom. The maximum atomic E-state index is 11.0. The van der Waals surface area contributed by atoms with Crippen LogP contribution in [-0.4, -0.2) is 12.5 Å². The van der Waals surface area contributed by atoms with Gasteiger partial charge in [-0.2, -0.15) is 0 Å². The smallest absolute Gasteiger partial charge is 0.243 e. The molecule has 0 unspecified atom stereocenters. The number of rotatable bonds is 0. The van der Waals surface area contributed by atoms with Crippen LogP contribution in [0, 0.1) is 0 Å². The second-order valence-corrected chi connectivity index (χ2v) is 3.47. The van der Waals surface area contributed by atoms with Gasteiger partial charge in [-0.15, -0.1) is 0 Å². The molecule has 1 amide bonds. The monoisotopic (exact) mass is 216 g/mol. The predicted molar refractivity (Wildman–Crippen MR) is 53.6 cm³/mol. The highest BCUT2D eigenvalue weighted by Gasteiger charge is 2.17. The second kappa shape index (κ2) is 3.09. The molecule has 1 aliphatic rings. The number of hydrogen-bond donors (Lipinski definition) is 2. The van der Waals surface area contributed by atoms with Crippen LogP contribution in [0.25, 0.3) is 0 Å². The Labute approximate surface area is 85.0 Å². The molecule has 1 aromatic carbocycles. The highest BCUT2D eigenvalue weighted by molar-refractivity contribution is 6.44.